The highest BCUT2D eigenvalue weighted by Gasteiger charge is 2.51. The Kier molecular flexibility index (Phi) is 2.52. The van der Waals surface area contributed by atoms with E-state index >= 15 is 0 Å². The van der Waals surface area contributed by atoms with Crippen molar-refractivity contribution in [3.05, 3.63) is 0 Å². The van der Waals surface area contributed by atoms with Crippen molar-refractivity contribution in [1.29, 1.82) is 0 Å². The second-order valence-electron chi connectivity index (χ2n) is 7.27. The highest BCUT2D eigenvalue weighted by Crippen LogP contribution is 2.57. The second-order valence-corrected chi connectivity index (χ2v) is 7.27. The molecule has 0 bridgehead atoms. The van der Waals surface area contributed by atoms with E-state index in [0.29, 0.717) is 0 Å². The average Bonchev–Trinajstić information content (AvgIpc) is 2.89. The van der Waals surface area contributed by atoms with Crippen LogP contribution < -0.4 is 10.6 Å². The zero-order valence-corrected chi connectivity index (χ0v) is 10.9. The molecule has 4 rings (SSSR count). The first kappa shape index (κ1) is 10.8. The molecule has 0 aromatic heterocycles. The quantitative estimate of drug-likeness (QED) is 0.725. The van der Waals surface area contributed by atoms with Crippen LogP contribution >= 0.6 is 0 Å². The van der Waals surface area contributed by atoms with Crippen LogP contribution in [0.15, 0.2) is 0 Å². The molecule has 0 amide bonds. The Morgan fingerprint density at radius 1 is 0.882 bits per heavy atom. The maximum absolute atomic E-state index is 3.62. The van der Waals surface area contributed by atoms with E-state index in [1.807, 2.05) is 0 Å². The predicted octanol–water partition coefficient (Wildman–Crippen LogP) is 2.01. The lowest BCUT2D eigenvalue weighted by Gasteiger charge is -2.53. The Labute approximate surface area is 105 Å². The molecule has 2 N–H and O–H groups in total. The van der Waals surface area contributed by atoms with E-state index in [0.717, 1.165) is 29.1 Å². The molecule has 2 saturated carbocycles. The number of nitrogens with one attached hydrogen (secondary N) is 2. The monoisotopic (exact) mass is 234 g/mol. The van der Waals surface area contributed by atoms with Crippen molar-refractivity contribution in [1.82, 2.24) is 10.6 Å². The Balaban J connectivity index is 1.39. The number of hydrogen-bond donors (Lipinski definition) is 2. The van der Waals surface area contributed by atoms with Crippen molar-refractivity contribution in [2.45, 2.75) is 38.5 Å². The fourth-order valence-electron chi connectivity index (χ4n) is 5.51. The summed E-state index contributed by atoms with van der Waals surface area (Å²) in [4.78, 5) is 0. The Bertz CT molecular complexity index is 287. The molecular weight excluding hydrogens is 208 g/mol. The number of hydrogen-bond acceptors (Lipinski definition) is 2. The van der Waals surface area contributed by atoms with Crippen LogP contribution in [-0.4, -0.2) is 26.2 Å². The normalized spacial score (nSPS) is 53.6. The Hall–Kier alpha value is -0.0800. The first-order valence-electron chi connectivity index (χ1n) is 7.78. The van der Waals surface area contributed by atoms with Crippen molar-refractivity contribution in [2.24, 2.45) is 29.1 Å². The molecule has 4 aliphatic rings. The number of piperidine rings is 1. The fourth-order valence-corrected chi connectivity index (χ4v) is 5.51. The first-order valence-corrected chi connectivity index (χ1v) is 7.78. The lowest BCUT2D eigenvalue weighted by Crippen LogP contribution is -2.50. The van der Waals surface area contributed by atoms with Crippen LogP contribution in [0, 0.1) is 29.1 Å². The van der Waals surface area contributed by atoms with E-state index in [9.17, 15) is 0 Å². The molecule has 0 aromatic rings. The molecule has 2 aliphatic heterocycles. The van der Waals surface area contributed by atoms with E-state index < -0.39 is 0 Å². The zero-order chi connectivity index (χ0) is 11.3. The minimum Gasteiger partial charge on any atom is -0.316 e. The van der Waals surface area contributed by atoms with E-state index in [4.69, 9.17) is 0 Å². The van der Waals surface area contributed by atoms with Gasteiger partial charge in [0.2, 0.25) is 0 Å². The summed E-state index contributed by atoms with van der Waals surface area (Å²) >= 11 is 0. The van der Waals surface area contributed by atoms with Crippen LogP contribution in [0.5, 0.6) is 0 Å². The van der Waals surface area contributed by atoms with Gasteiger partial charge in [0.25, 0.3) is 0 Å². The SMILES string of the molecule is C1CNCC2(C1)CC(C1CCC3CNCC31)C2. The largest absolute Gasteiger partial charge is 0.316 e. The minimum absolute atomic E-state index is 0.743. The van der Waals surface area contributed by atoms with Gasteiger partial charge in [0.05, 0.1) is 0 Å². The average molecular weight is 234 g/mol. The van der Waals surface area contributed by atoms with Gasteiger partial charge in [-0.3, -0.25) is 0 Å². The summed E-state index contributed by atoms with van der Waals surface area (Å²) in [6.07, 6.45) is 9.09. The lowest BCUT2D eigenvalue weighted by molar-refractivity contribution is -0.0142. The summed E-state index contributed by atoms with van der Waals surface area (Å²) in [5, 5.41) is 7.24. The van der Waals surface area contributed by atoms with Crippen molar-refractivity contribution < 1.29 is 0 Å². The van der Waals surface area contributed by atoms with E-state index in [1.165, 1.54) is 45.4 Å². The highest BCUT2D eigenvalue weighted by molar-refractivity contribution is 5.03. The predicted molar refractivity (Wildman–Crippen MR) is 69.8 cm³/mol. The molecule has 1 spiro atoms. The number of rotatable bonds is 1. The maximum Gasteiger partial charge on any atom is 0.000802 e. The molecule has 2 nitrogen and oxygen atoms in total. The van der Waals surface area contributed by atoms with E-state index in [-0.39, 0.29) is 0 Å². The topological polar surface area (TPSA) is 24.1 Å². The fraction of sp³-hybridized carbons (Fsp3) is 1.00. The third-order valence-corrected chi connectivity index (χ3v) is 6.37. The smallest absolute Gasteiger partial charge is 0.000802 e. The summed E-state index contributed by atoms with van der Waals surface area (Å²) in [5.41, 5.74) is 0.743. The van der Waals surface area contributed by atoms with Crippen LogP contribution in [-0.2, 0) is 0 Å². The van der Waals surface area contributed by atoms with Crippen LogP contribution in [0.4, 0.5) is 0 Å². The maximum atomic E-state index is 3.62. The first-order chi connectivity index (χ1) is 8.36. The molecule has 0 radical (unpaired) electrons. The van der Waals surface area contributed by atoms with Crippen LogP contribution in [0.3, 0.4) is 0 Å². The van der Waals surface area contributed by atoms with Gasteiger partial charge in [-0.15, -0.1) is 0 Å². The van der Waals surface area contributed by atoms with Gasteiger partial charge in [0.1, 0.15) is 0 Å². The van der Waals surface area contributed by atoms with Gasteiger partial charge in [0.15, 0.2) is 0 Å². The van der Waals surface area contributed by atoms with E-state index in [1.54, 1.807) is 19.3 Å². The third kappa shape index (κ3) is 1.67. The van der Waals surface area contributed by atoms with E-state index in [2.05, 4.69) is 10.6 Å². The summed E-state index contributed by atoms with van der Waals surface area (Å²) in [5.74, 6) is 4.27. The van der Waals surface area contributed by atoms with Crippen LogP contribution in [0.2, 0.25) is 0 Å². The molecule has 2 heteroatoms. The molecule has 2 saturated heterocycles. The van der Waals surface area contributed by atoms with Gasteiger partial charge < -0.3 is 10.6 Å². The molecule has 17 heavy (non-hydrogen) atoms. The molecule has 3 unspecified atom stereocenters. The molecule has 2 heterocycles. The third-order valence-electron chi connectivity index (χ3n) is 6.37. The Morgan fingerprint density at radius 3 is 2.65 bits per heavy atom. The van der Waals surface area contributed by atoms with Gasteiger partial charge in [-0.05, 0) is 87.2 Å². The standard InChI is InChI=1S/C15H26N2/c1-4-15(10-16-5-1)6-12(7-15)13-3-2-11-8-17-9-14(11)13/h11-14,16-17H,1-10H2. The summed E-state index contributed by atoms with van der Waals surface area (Å²) in [6.45, 7) is 5.24. The summed E-state index contributed by atoms with van der Waals surface area (Å²) < 4.78 is 0. The van der Waals surface area contributed by atoms with Crippen LogP contribution in [0.1, 0.15) is 38.5 Å². The molecule has 96 valence electrons. The van der Waals surface area contributed by atoms with Crippen molar-refractivity contribution in [2.75, 3.05) is 26.2 Å². The van der Waals surface area contributed by atoms with Crippen molar-refractivity contribution in [3.63, 3.8) is 0 Å². The highest BCUT2D eigenvalue weighted by atomic mass is 14.9. The zero-order valence-electron chi connectivity index (χ0n) is 10.9. The van der Waals surface area contributed by atoms with Gasteiger partial charge in [-0.1, -0.05) is 0 Å². The van der Waals surface area contributed by atoms with Crippen molar-refractivity contribution >= 4 is 0 Å². The van der Waals surface area contributed by atoms with Gasteiger partial charge in [-0.2, -0.15) is 0 Å². The summed E-state index contributed by atoms with van der Waals surface area (Å²) in [6, 6.07) is 0. The molecule has 3 atom stereocenters. The van der Waals surface area contributed by atoms with Gasteiger partial charge >= 0.3 is 0 Å². The Morgan fingerprint density at radius 2 is 1.82 bits per heavy atom. The number of fused-ring (bicyclic) bond motifs is 1. The van der Waals surface area contributed by atoms with Crippen LogP contribution in [0.25, 0.3) is 0 Å². The second kappa shape index (κ2) is 3.96. The molecule has 2 aliphatic carbocycles. The molecular formula is C15H26N2. The summed E-state index contributed by atoms with van der Waals surface area (Å²) in [7, 11) is 0. The minimum atomic E-state index is 0.743. The molecule has 4 fully saturated rings. The van der Waals surface area contributed by atoms with Crippen molar-refractivity contribution in [3.8, 4) is 0 Å². The van der Waals surface area contributed by atoms with Gasteiger partial charge in [0, 0.05) is 6.54 Å². The lowest BCUT2D eigenvalue weighted by atomic mass is 9.54. The van der Waals surface area contributed by atoms with Gasteiger partial charge in [-0.25, -0.2) is 0 Å². The molecule has 0 aromatic carbocycles.